The minimum absolute atomic E-state index is 0.355. The van der Waals surface area contributed by atoms with E-state index in [9.17, 15) is 14.7 Å². The smallest absolute Gasteiger partial charge is 0.409 e. The third-order valence-electron chi connectivity index (χ3n) is 5.80. The zero-order chi connectivity index (χ0) is 22.8. The molecule has 1 saturated carbocycles. The number of amides is 1. The van der Waals surface area contributed by atoms with Crippen LogP contribution in [-0.4, -0.2) is 46.2 Å². The van der Waals surface area contributed by atoms with Gasteiger partial charge in [-0.3, -0.25) is 4.79 Å². The highest BCUT2D eigenvalue weighted by Gasteiger charge is 2.22. The largest absolute Gasteiger partial charge is 0.481 e. The molecule has 0 aliphatic heterocycles. The Bertz CT molecular complexity index is 683. The van der Waals surface area contributed by atoms with Gasteiger partial charge in [0.15, 0.2) is 0 Å². The van der Waals surface area contributed by atoms with Crippen molar-refractivity contribution in [2.75, 3.05) is 13.2 Å². The Morgan fingerprint density at radius 2 is 1.97 bits per heavy atom. The third-order valence-corrected chi connectivity index (χ3v) is 5.80. The molecule has 176 valence electrons. The lowest BCUT2D eigenvalue weighted by Crippen LogP contribution is -2.30. The van der Waals surface area contributed by atoms with Gasteiger partial charge in [-0.05, 0) is 57.3 Å². The number of hydrogen-bond donors (Lipinski definition) is 2. The first-order valence-corrected chi connectivity index (χ1v) is 11.6. The molecule has 1 fully saturated rings. The SMILES string of the molecule is CC(C)CO[C@@H](C)OC(=O)NCCC[C@@H](Cc1cn([C@H]2CC[C@H](C)CC2)cn1)C(=O)O. The maximum atomic E-state index is 11.8. The number of aliphatic carboxylic acids is 1. The number of aromatic nitrogens is 2. The van der Waals surface area contributed by atoms with E-state index in [1.54, 1.807) is 6.92 Å². The second-order valence-corrected chi connectivity index (χ2v) is 9.23. The van der Waals surface area contributed by atoms with Crippen LogP contribution >= 0.6 is 0 Å². The van der Waals surface area contributed by atoms with Gasteiger partial charge in [-0.2, -0.15) is 0 Å². The number of nitrogens with one attached hydrogen (secondary N) is 1. The normalized spacial score (nSPS) is 20.9. The highest BCUT2D eigenvalue weighted by Crippen LogP contribution is 2.31. The van der Waals surface area contributed by atoms with Crippen molar-refractivity contribution in [2.45, 2.75) is 85.0 Å². The van der Waals surface area contributed by atoms with Gasteiger partial charge in [0.1, 0.15) is 0 Å². The molecule has 1 aromatic rings. The van der Waals surface area contributed by atoms with E-state index in [1.165, 1.54) is 12.8 Å². The Hall–Kier alpha value is -2.09. The fraction of sp³-hybridized carbons (Fsp3) is 0.783. The molecule has 1 aromatic heterocycles. The van der Waals surface area contributed by atoms with E-state index in [0.717, 1.165) is 24.5 Å². The van der Waals surface area contributed by atoms with E-state index in [0.29, 0.717) is 44.4 Å². The van der Waals surface area contributed by atoms with Crippen LogP contribution in [0.1, 0.15) is 78.0 Å². The Morgan fingerprint density at radius 3 is 2.61 bits per heavy atom. The molecule has 2 rings (SSSR count). The summed E-state index contributed by atoms with van der Waals surface area (Å²) < 4.78 is 12.7. The Labute approximate surface area is 185 Å². The molecule has 1 aliphatic rings. The molecular formula is C23H39N3O5. The highest BCUT2D eigenvalue weighted by molar-refractivity contribution is 5.70. The average molecular weight is 438 g/mol. The molecule has 8 nitrogen and oxygen atoms in total. The summed E-state index contributed by atoms with van der Waals surface area (Å²) in [6.07, 6.45) is 8.86. The summed E-state index contributed by atoms with van der Waals surface area (Å²) >= 11 is 0. The molecule has 0 radical (unpaired) electrons. The van der Waals surface area contributed by atoms with Crippen molar-refractivity contribution in [3.63, 3.8) is 0 Å². The monoisotopic (exact) mass is 437 g/mol. The van der Waals surface area contributed by atoms with E-state index < -0.39 is 24.3 Å². The number of carboxylic acids is 1. The molecule has 1 aliphatic carbocycles. The van der Waals surface area contributed by atoms with Crippen molar-refractivity contribution >= 4 is 12.1 Å². The van der Waals surface area contributed by atoms with Gasteiger partial charge in [0.25, 0.3) is 0 Å². The molecule has 8 heteroatoms. The van der Waals surface area contributed by atoms with Crippen LogP contribution in [0.5, 0.6) is 0 Å². The van der Waals surface area contributed by atoms with Gasteiger partial charge < -0.3 is 24.5 Å². The number of rotatable bonds is 12. The zero-order valence-electron chi connectivity index (χ0n) is 19.4. The van der Waals surface area contributed by atoms with E-state index >= 15 is 0 Å². The first-order valence-electron chi connectivity index (χ1n) is 11.6. The standard InChI is InChI=1S/C23H39N3O5/c1-16(2)14-30-18(4)31-23(29)24-11-5-6-19(22(27)28)12-20-13-26(15-25-20)21-9-7-17(3)8-10-21/h13,15-19,21H,5-12,14H2,1-4H3,(H,24,29)(H,27,28)/t17-,18-,19+,21-/m1/s1. The maximum absolute atomic E-state index is 11.8. The number of alkyl carbamates (subject to hydrolysis) is 1. The fourth-order valence-electron chi connectivity index (χ4n) is 3.88. The number of hydrogen-bond acceptors (Lipinski definition) is 5. The van der Waals surface area contributed by atoms with Crippen LogP contribution in [0.2, 0.25) is 0 Å². The quantitative estimate of drug-likeness (QED) is 0.371. The van der Waals surface area contributed by atoms with Crippen LogP contribution < -0.4 is 5.32 Å². The summed E-state index contributed by atoms with van der Waals surface area (Å²) in [5, 5.41) is 12.2. The molecule has 31 heavy (non-hydrogen) atoms. The van der Waals surface area contributed by atoms with Crippen molar-refractivity contribution < 1.29 is 24.2 Å². The average Bonchev–Trinajstić information content (AvgIpc) is 3.17. The van der Waals surface area contributed by atoms with E-state index in [2.05, 4.69) is 21.8 Å². The summed E-state index contributed by atoms with van der Waals surface area (Å²) in [6.45, 7) is 8.88. The van der Waals surface area contributed by atoms with Crippen LogP contribution in [0.25, 0.3) is 0 Å². The number of imidazole rings is 1. The molecule has 2 atom stereocenters. The zero-order valence-corrected chi connectivity index (χ0v) is 19.4. The van der Waals surface area contributed by atoms with Gasteiger partial charge >= 0.3 is 12.1 Å². The van der Waals surface area contributed by atoms with E-state index in [4.69, 9.17) is 9.47 Å². The molecule has 1 amide bonds. The number of nitrogens with zero attached hydrogens (tertiary/aromatic N) is 2. The van der Waals surface area contributed by atoms with Crippen molar-refractivity contribution in [1.82, 2.24) is 14.9 Å². The van der Waals surface area contributed by atoms with E-state index in [-0.39, 0.29) is 0 Å². The number of carbonyl (C=O) groups excluding carboxylic acids is 1. The maximum Gasteiger partial charge on any atom is 0.409 e. The minimum atomic E-state index is -0.834. The second-order valence-electron chi connectivity index (χ2n) is 9.23. The topological polar surface area (TPSA) is 103 Å². The summed E-state index contributed by atoms with van der Waals surface area (Å²) in [4.78, 5) is 27.9. The fourth-order valence-corrected chi connectivity index (χ4v) is 3.88. The Kier molecular flexibility index (Phi) is 10.3. The molecule has 1 heterocycles. The van der Waals surface area contributed by atoms with Crippen molar-refractivity contribution in [3.8, 4) is 0 Å². The number of carboxylic acid groups (broad SMARTS) is 1. The highest BCUT2D eigenvalue weighted by atomic mass is 16.7. The van der Waals surface area contributed by atoms with Gasteiger partial charge in [-0.25, -0.2) is 9.78 Å². The van der Waals surface area contributed by atoms with Crippen LogP contribution in [0.15, 0.2) is 12.5 Å². The summed E-state index contributed by atoms with van der Waals surface area (Å²) in [5.74, 6) is -0.211. The number of carbonyl (C=O) groups is 2. The molecule has 0 aromatic carbocycles. The van der Waals surface area contributed by atoms with Crippen molar-refractivity contribution in [1.29, 1.82) is 0 Å². The summed E-state index contributed by atoms with van der Waals surface area (Å²) in [5.41, 5.74) is 0.814. The lowest BCUT2D eigenvalue weighted by atomic mass is 9.87. The minimum Gasteiger partial charge on any atom is -0.481 e. The Balaban J connectivity index is 1.71. The van der Waals surface area contributed by atoms with Crippen LogP contribution in [0, 0.1) is 17.8 Å². The van der Waals surface area contributed by atoms with Crippen LogP contribution in [0.4, 0.5) is 4.79 Å². The van der Waals surface area contributed by atoms with E-state index in [1.807, 2.05) is 26.4 Å². The molecule has 0 bridgehead atoms. The molecule has 0 spiro atoms. The third kappa shape index (κ3) is 9.29. The Morgan fingerprint density at radius 1 is 1.26 bits per heavy atom. The van der Waals surface area contributed by atoms with Gasteiger partial charge in [0, 0.05) is 25.2 Å². The predicted molar refractivity (Wildman–Crippen MR) is 118 cm³/mol. The second kappa shape index (κ2) is 12.7. The molecule has 0 saturated heterocycles. The number of ether oxygens (including phenoxy) is 2. The summed E-state index contributed by atoms with van der Waals surface area (Å²) in [6, 6.07) is 0.475. The lowest BCUT2D eigenvalue weighted by molar-refractivity contribution is -0.142. The molecule has 2 N–H and O–H groups in total. The first kappa shape index (κ1) is 25.2. The van der Waals surface area contributed by atoms with Gasteiger partial charge in [-0.15, -0.1) is 0 Å². The van der Waals surface area contributed by atoms with Gasteiger partial charge in [-0.1, -0.05) is 20.8 Å². The molecular weight excluding hydrogens is 398 g/mol. The first-order chi connectivity index (χ1) is 14.7. The van der Waals surface area contributed by atoms with Gasteiger partial charge in [0.05, 0.1) is 24.5 Å². The van der Waals surface area contributed by atoms with Gasteiger partial charge in [0.2, 0.25) is 6.29 Å². The van der Waals surface area contributed by atoms with Crippen LogP contribution in [0.3, 0.4) is 0 Å². The van der Waals surface area contributed by atoms with Crippen molar-refractivity contribution in [2.24, 2.45) is 17.8 Å². The van der Waals surface area contributed by atoms with Crippen molar-refractivity contribution in [3.05, 3.63) is 18.2 Å². The lowest BCUT2D eigenvalue weighted by Gasteiger charge is -2.26. The molecule has 0 unspecified atom stereocenters. The van der Waals surface area contributed by atoms with Crippen LogP contribution in [-0.2, 0) is 20.7 Å². The predicted octanol–water partition coefficient (Wildman–Crippen LogP) is 4.40. The summed E-state index contributed by atoms with van der Waals surface area (Å²) in [7, 11) is 0.